The standard InChI is InChI=1S/C13H18ClN5O2/c1-8-12(14)9(16-15-8)5-18-3-4-19-10(6-18)13(21)17(2)7-11(19)20/h10H,3-7H2,1-2H3,(H,15,16)/t10-/m1/s1. The first-order valence-corrected chi connectivity index (χ1v) is 7.31. The van der Waals surface area contributed by atoms with E-state index in [2.05, 4.69) is 15.1 Å². The molecule has 0 radical (unpaired) electrons. The van der Waals surface area contributed by atoms with Crippen molar-refractivity contribution in [1.82, 2.24) is 24.9 Å². The summed E-state index contributed by atoms with van der Waals surface area (Å²) in [6.07, 6.45) is 0. The average Bonchev–Trinajstić information content (AvgIpc) is 2.77. The van der Waals surface area contributed by atoms with Crippen LogP contribution in [0, 0.1) is 6.92 Å². The number of nitrogens with zero attached hydrogens (tertiary/aromatic N) is 4. The molecule has 114 valence electrons. The number of amides is 2. The van der Waals surface area contributed by atoms with E-state index in [1.165, 1.54) is 4.90 Å². The van der Waals surface area contributed by atoms with Crippen molar-refractivity contribution < 1.29 is 9.59 Å². The van der Waals surface area contributed by atoms with E-state index in [1.54, 1.807) is 11.9 Å². The van der Waals surface area contributed by atoms with Gasteiger partial charge in [-0.05, 0) is 6.92 Å². The number of aryl methyl sites for hydroxylation is 1. The molecule has 3 rings (SSSR count). The highest BCUT2D eigenvalue weighted by atomic mass is 35.5. The molecule has 0 aliphatic carbocycles. The van der Waals surface area contributed by atoms with Gasteiger partial charge in [0, 0.05) is 33.2 Å². The molecule has 0 bridgehead atoms. The lowest BCUT2D eigenvalue weighted by molar-refractivity contribution is -0.158. The first-order valence-electron chi connectivity index (χ1n) is 6.93. The number of nitrogens with one attached hydrogen (secondary N) is 1. The van der Waals surface area contributed by atoms with Crippen LogP contribution in [0.3, 0.4) is 0 Å². The Morgan fingerprint density at radius 1 is 1.38 bits per heavy atom. The van der Waals surface area contributed by atoms with E-state index >= 15 is 0 Å². The fourth-order valence-electron chi connectivity index (χ4n) is 2.90. The molecule has 0 aromatic carbocycles. The lowest BCUT2D eigenvalue weighted by Gasteiger charge is -2.45. The van der Waals surface area contributed by atoms with Gasteiger partial charge in [0.15, 0.2) is 0 Å². The number of rotatable bonds is 2. The van der Waals surface area contributed by atoms with Crippen LogP contribution in [0.4, 0.5) is 0 Å². The molecular weight excluding hydrogens is 294 g/mol. The summed E-state index contributed by atoms with van der Waals surface area (Å²) in [6, 6.07) is -0.385. The predicted molar refractivity (Wildman–Crippen MR) is 76.7 cm³/mol. The highest BCUT2D eigenvalue weighted by molar-refractivity contribution is 6.31. The van der Waals surface area contributed by atoms with Crippen molar-refractivity contribution in [2.45, 2.75) is 19.5 Å². The molecule has 7 nitrogen and oxygen atoms in total. The minimum absolute atomic E-state index is 0.00334. The Morgan fingerprint density at radius 3 is 2.81 bits per heavy atom. The minimum atomic E-state index is -0.385. The summed E-state index contributed by atoms with van der Waals surface area (Å²) in [5, 5.41) is 7.68. The lowest BCUT2D eigenvalue weighted by Crippen LogP contribution is -2.65. The van der Waals surface area contributed by atoms with Crippen molar-refractivity contribution in [3.05, 3.63) is 16.4 Å². The zero-order chi connectivity index (χ0) is 15.1. The maximum Gasteiger partial charge on any atom is 0.246 e. The summed E-state index contributed by atoms with van der Waals surface area (Å²) >= 11 is 6.18. The van der Waals surface area contributed by atoms with Gasteiger partial charge >= 0.3 is 0 Å². The third-order valence-electron chi connectivity index (χ3n) is 4.13. The zero-order valence-corrected chi connectivity index (χ0v) is 12.9. The van der Waals surface area contributed by atoms with Crippen molar-refractivity contribution in [1.29, 1.82) is 0 Å². The number of halogens is 1. The summed E-state index contributed by atoms with van der Waals surface area (Å²) < 4.78 is 0. The Balaban J connectivity index is 1.72. The second kappa shape index (κ2) is 5.31. The Kier molecular flexibility index (Phi) is 3.62. The van der Waals surface area contributed by atoms with Crippen molar-refractivity contribution in [2.75, 3.05) is 33.2 Å². The smallest absolute Gasteiger partial charge is 0.246 e. The van der Waals surface area contributed by atoms with Gasteiger partial charge in [-0.2, -0.15) is 5.10 Å². The van der Waals surface area contributed by atoms with E-state index in [4.69, 9.17) is 11.6 Å². The molecule has 21 heavy (non-hydrogen) atoms. The highest BCUT2D eigenvalue weighted by Crippen LogP contribution is 2.22. The SMILES string of the molecule is Cc1[nH]nc(CN2CCN3C(=O)CN(C)C(=O)[C@H]3C2)c1Cl. The minimum Gasteiger partial charge on any atom is -0.335 e. The molecule has 1 N–H and O–H groups in total. The molecule has 8 heteroatoms. The van der Waals surface area contributed by atoms with Crippen LogP contribution in [0.15, 0.2) is 0 Å². The number of fused-ring (bicyclic) bond motifs is 1. The fourth-order valence-corrected chi connectivity index (χ4v) is 3.05. The Labute approximate surface area is 127 Å². The molecular formula is C13H18ClN5O2. The molecule has 2 aliphatic rings. The first kappa shape index (κ1) is 14.3. The largest absolute Gasteiger partial charge is 0.335 e. The maximum absolute atomic E-state index is 12.2. The molecule has 3 heterocycles. The Hall–Kier alpha value is -1.60. The first-order chi connectivity index (χ1) is 9.97. The van der Waals surface area contributed by atoms with Crippen molar-refractivity contribution in [3.63, 3.8) is 0 Å². The summed E-state index contributed by atoms with van der Waals surface area (Å²) in [6.45, 7) is 4.45. The van der Waals surface area contributed by atoms with Gasteiger partial charge in [-0.3, -0.25) is 19.6 Å². The van der Waals surface area contributed by atoms with Gasteiger partial charge in [-0.15, -0.1) is 0 Å². The van der Waals surface area contributed by atoms with E-state index < -0.39 is 0 Å². The van der Waals surface area contributed by atoms with E-state index in [0.717, 1.165) is 17.9 Å². The van der Waals surface area contributed by atoms with Crippen LogP contribution in [0.1, 0.15) is 11.4 Å². The summed E-state index contributed by atoms with van der Waals surface area (Å²) in [5.74, 6) is 0.0269. The van der Waals surface area contributed by atoms with Crippen molar-refractivity contribution in [2.24, 2.45) is 0 Å². The summed E-state index contributed by atoms with van der Waals surface area (Å²) in [5.41, 5.74) is 1.62. The van der Waals surface area contributed by atoms with E-state index in [1.807, 2.05) is 6.92 Å². The lowest BCUT2D eigenvalue weighted by atomic mass is 10.1. The molecule has 1 aromatic rings. The van der Waals surface area contributed by atoms with Crippen molar-refractivity contribution >= 4 is 23.4 Å². The molecule has 1 aromatic heterocycles. The van der Waals surface area contributed by atoms with E-state index in [9.17, 15) is 9.59 Å². The average molecular weight is 312 g/mol. The highest BCUT2D eigenvalue weighted by Gasteiger charge is 2.41. The van der Waals surface area contributed by atoms with Gasteiger partial charge in [0.1, 0.15) is 6.04 Å². The van der Waals surface area contributed by atoms with Crippen LogP contribution >= 0.6 is 11.6 Å². The van der Waals surface area contributed by atoms with Gasteiger partial charge in [0.05, 0.1) is 23.0 Å². The third-order valence-corrected chi connectivity index (χ3v) is 4.63. The number of hydrogen-bond donors (Lipinski definition) is 1. The second-order valence-corrected chi connectivity index (χ2v) is 6.02. The summed E-state index contributed by atoms with van der Waals surface area (Å²) in [4.78, 5) is 29.5. The van der Waals surface area contributed by atoms with Gasteiger partial charge in [0.2, 0.25) is 11.8 Å². The number of aromatic amines is 1. The van der Waals surface area contributed by atoms with E-state index in [0.29, 0.717) is 24.7 Å². The predicted octanol–water partition coefficient (Wildman–Crippen LogP) is -0.144. The van der Waals surface area contributed by atoms with Crippen molar-refractivity contribution in [3.8, 4) is 0 Å². The third kappa shape index (κ3) is 2.51. The van der Waals surface area contributed by atoms with Gasteiger partial charge in [0.25, 0.3) is 0 Å². The number of hydrogen-bond acceptors (Lipinski definition) is 4. The van der Waals surface area contributed by atoms with Crippen LogP contribution in [0.25, 0.3) is 0 Å². The Bertz CT molecular complexity index is 587. The van der Waals surface area contributed by atoms with Crippen LogP contribution in [0.5, 0.6) is 0 Å². The molecule has 1 atom stereocenters. The number of piperazine rings is 2. The van der Waals surface area contributed by atoms with Gasteiger partial charge in [-0.1, -0.05) is 11.6 Å². The molecule has 2 fully saturated rings. The van der Waals surface area contributed by atoms with Crippen LogP contribution in [0.2, 0.25) is 5.02 Å². The number of aromatic nitrogens is 2. The van der Waals surface area contributed by atoms with E-state index in [-0.39, 0.29) is 24.4 Å². The fraction of sp³-hybridized carbons (Fsp3) is 0.615. The number of H-pyrrole nitrogens is 1. The molecule has 2 amide bonds. The number of carbonyl (C=O) groups is 2. The molecule has 0 spiro atoms. The number of carbonyl (C=O) groups excluding carboxylic acids is 2. The molecule has 0 unspecified atom stereocenters. The molecule has 2 aliphatic heterocycles. The van der Waals surface area contributed by atoms with Gasteiger partial charge < -0.3 is 9.80 Å². The number of likely N-dealkylation sites (N-methyl/N-ethyl adjacent to an activating group) is 1. The van der Waals surface area contributed by atoms with Crippen LogP contribution in [-0.2, 0) is 16.1 Å². The van der Waals surface area contributed by atoms with Crippen LogP contribution < -0.4 is 0 Å². The monoisotopic (exact) mass is 311 g/mol. The zero-order valence-electron chi connectivity index (χ0n) is 12.1. The molecule has 0 saturated carbocycles. The topological polar surface area (TPSA) is 72.5 Å². The maximum atomic E-state index is 12.2. The normalized spacial score (nSPS) is 23.7. The second-order valence-electron chi connectivity index (χ2n) is 5.64. The van der Waals surface area contributed by atoms with Crippen LogP contribution in [-0.4, -0.2) is 76.0 Å². The summed E-state index contributed by atoms with van der Waals surface area (Å²) in [7, 11) is 1.67. The van der Waals surface area contributed by atoms with Gasteiger partial charge in [-0.25, -0.2) is 0 Å². The quantitative estimate of drug-likeness (QED) is 0.825. The Morgan fingerprint density at radius 2 is 2.14 bits per heavy atom. The molecule has 2 saturated heterocycles.